The fourth-order valence-corrected chi connectivity index (χ4v) is 5.12. The quantitative estimate of drug-likeness (QED) is 0.111. The summed E-state index contributed by atoms with van der Waals surface area (Å²) in [6.45, 7) is 0. The number of unbranched alkanes of at least 4 members (excludes halogenated alkanes) is 6. The predicted octanol–water partition coefficient (Wildman–Crippen LogP) is 11.9. The van der Waals surface area contributed by atoms with Crippen LogP contribution in [0.1, 0.15) is 67.2 Å². The van der Waals surface area contributed by atoms with Gasteiger partial charge in [-0.05, 0) is 84.3 Å². The van der Waals surface area contributed by atoms with Crippen LogP contribution in [-0.4, -0.2) is 0 Å². The maximum absolute atomic E-state index is 14.6. The van der Waals surface area contributed by atoms with Crippen LogP contribution in [0, 0.1) is 11.6 Å². The van der Waals surface area contributed by atoms with Gasteiger partial charge in [-0.3, -0.25) is 0 Å². The minimum absolute atomic E-state index is 0.273. The summed E-state index contributed by atoms with van der Waals surface area (Å²) in [5, 5.41) is 0. The van der Waals surface area contributed by atoms with Crippen LogP contribution in [0.4, 0.5) is 35.1 Å². The van der Waals surface area contributed by atoms with Crippen LogP contribution in [0.2, 0.25) is 0 Å². The zero-order valence-corrected chi connectivity index (χ0v) is 23.5. The second-order valence-corrected chi connectivity index (χ2v) is 10.8. The molecule has 0 heterocycles. The highest BCUT2D eigenvalue weighted by Crippen LogP contribution is 2.33. The average Bonchev–Trinajstić information content (AvgIpc) is 2.96. The standard InChI is InChI=1S/C35H32F8/c36-32-22-24(10-20-30(32)26-12-16-28(17-13-26)34(38,39)40)8-6-4-2-1-3-5-7-9-25-11-21-31(33(37)23-25)27-14-18-29(19-15-27)35(41,42)43/h10-23H,1-9H2. The van der Waals surface area contributed by atoms with E-state index in [2.05, 4.69) is 0 Å². The number of hydrogen-bond acceptors (Lipinski definition) is 0. The lowest BCUT2D eigenvalue weighted by molar-refractivity contribution is -0.138. The van der Waals surface area contributed by atoms with Gasteiger partial charge in [0.1, 0.15) is 11.6 Å². The van der Waals surface area contributed by atoms with Gasteiger partial charge >= 0.3 is 12.4 Å². The number of aryl methyl sites for hydroxylation is 2. The van der Waals surface area contributed by atoms with Crippen LogP contribution in [0.3, 0.4) is 0 Å². The van der Waals surface area contributed by atoms with Gasteiger partial charge in [-0.25, -0.2) is 8.78 Å². The van der Waals surface area contributed by atoms with Gasteiger partial charge in [-0.2, -0.15) is 26.3 Å². The van der Waals surface area contributed by atoms with Crippen molar-refractivity contribution in [2.75, 3.05) is 0 Å². The van der Waals surface area contributed by atoms with Gasteiger partial charge in [0.15, 0.2) is 0 Å². The highest BCUT2D eigenvalue weighted by Gasteiger charge is 2.30. The number of rotatable bonds is 12. The third-order valence-electron chi connectivity index (χ3n) is 7.54. The topological polar surface area (TPSA) is 0 Å². The van der Waals surface area contributed by atoms with Crippen LogP contribution >= 0.6 is 0 Å². The third kappa shape index (κ3) is 9.15. The molecule has 4 aromatic carbocycles. The fraction of sp³-hybridized carbons (Fsp3) is 0.314. The Morgan fingerprint density at radius 1 is 0.395 bits per heavy atom. The van der Waals surface area contributed by atoms with E-state index in [1.807, 2.05) is 12.1 Å². The molecule has 0 aliphatic rings. The SMILES string of the molecule is Fc1cc(CCCCCCCCCc2ccc(-c3ccc(C(F)(F)F)cc3)c(F)c2)ccc1-c1ccc(C(F)(F)F)cc1. The smallest absolute Gasteiger partial charge is 0.206 e. The molecule has 0 fully saturated rings. The van der Waals surface area contributed by atoms with Crippen molar-refractivity contribution >= 4 is 0 Å². The van der Waals surface area contributed by atoms with Gasteiger partial charge < -0.3 is 0 Å². The Bertz CT molecular complexity index is 1350. The molecule has 0 spiro atoms. The molecular weight excluding hydrogens is 572 g/mol. The molecule has 0 unspecified atom stereocenters. The molecule has 0 nitrogen and oxygen atoms in total. The first-order valence-electron chi connectivity index (χ1n) is 14.3. The Morgan fingerprint density at radius 3 is 1.02 bits per heavy atom. The van der Waals surface area contributed by atoms with E-state index in [9.17, 15) is 35.1 Å². The summed E-state index contributed by atoms with van der Waals surface area (Å²) in [5.41, 5.74) is 1.51. The van der Waals surface area contributed by atoms with Crippen molar-refractivity contribution in [1.82, 2.24) is 0 Å². The largest absolute Gasteiger partial charge is 0.416 e. The molecule has 0 saturated heterocycles. The summed E-state index contributed by atoms with van der Waals surface area (Å²) in [5.74, 6) is -0.905. The summed E-state index contributed by atoms with van der Waals surface area (Å²) in [6.07, 6.45) is -0.463. The van der Waals surface area contributed by atoms with Gasteiger partial charge in [-0.15, -0.1) is 0 Å². The summed E-state index contributed by atoms with van der Waals surface area (Å²) >= 11 is 0. The molecule has 228 valence electrons. The van der Waals surface area contributed by atoms with Crippen molar-refractivity contribution < 1.29 is 35.1 Å². The minimum atomic E-state index is -4.43. The average molecular weight is 605 g/mol. The maximum atomic E-state index is 14.6. The van der Waals surface area contributed by atoms with Gasteiger partial charge in [-0.1, -0.05) is 80.6 Å². The van der Waals surface area contributed by atoms with E-state index in [1.54, 1.807) is 12.1 Å². The Hall–Kier alpha value is -3.68. The number of hydrogen-bond donors (Lipinski definition) is 0. The molecule has 0 aliphatic carbocycles. The molecular formula is C35H32F8. The second-order valence-electron chi connectivity index (χ2n) is 10.8. The first-order chi connectivity index (χ1) is 20.4. The van der Waals surface area contributed by atoms with Crippen molar-refractivity contribution in [3.63, 3.8) is 0 Å². The Kier molecular flexibility index (Phi) is 10.6. The van der Waals surface area contributed by atoms with Gasteiger partial charge in [0.05, 0.1) is 11.1 Å². The Morgan fingerprint density at radius 2 is 0.721 bits per heavy atom. The molecule has 8 heteroatoms. The van der Waals surface area contributed by atoms with Crippen molar-refractivity contribution in [2.45, 2.75) is 70.1 Å². The van der Waals surface area contributed by atoms with Crippen LogP contribution < -0.4 is 0 Å². The minimum Gasteiger partial charge on any atom is -0.206 e. The zero-order chi connectivity index (χ0) is 31.0. The number of benzene rings is 4. The lowest BCUT2D eigenvalue weighted by atomic mass is 9.98. The fourth-order valence-electron chi connectivity index (χ4n) is 5.12. The van der Waals surface area contributed by atoms with Crippen molar-refractivity contribution in [3.05, 3.63) is 119 Å². The highest BCUT2D eigenvalue weighted by molar-refractivity contribution is 5.66. The monoisotopic (exact) mass is 604 g/mol. The first-order valence-corrected chi connectivity index (χ1v) is 14.3. The zero-order valence-electron chi connectivity index (χ0n) is 23.5. The van der Waals surface area contributed by atoms with Crippen LogP contribution in [0.15, 0.2) is 84.9 Å². The summed E-state index contributed by atoms with van der Waals surface area (Å²) in [7, 11) is 0. The molecule has 0 N–H and O–H groups in total. The van der Waals surface area contributed by atoms with Crippen LogP contribution in [0.5, 0.6) is 0 Å². The predicted molar refractivity (Wildman–Crippen MR) is 153 cm³/mol. The molecule has 0 amide bonds. The molecule has 43 heavy (non-hydrogen) atoms. The normalized spacial score (nSPS) is 12.1. The van der Waals surface area contributed by atoms with E-state index in [-0.39, 0.29) is 11.1 Å². The molecule has 0 atom stereocenters. The maximum Gasteiger partial charge on any atom is 0.416 e. The summed E-state index contributed by atoms with van der Waals surface area (Å²) in [4.78, 5) is 0. The van der Waals surface area contributed by atoms with Crippen molar-refractivity contribution in [2.24, 2.45) is 0 Å². The van der Waals surface area contributed by atoms with E-state index in [0.29, 0.717) is 11.1 Å². The first kappa shape index (κ1) is 32.2. The number of halogens is 8. The Labute approximate surface area is 246 Å². The van der Waals surface area contributed by atoms with Crippen molar-refractivity contribution in [3.8, 4) is 22.3 Å². The van der Waals surface area contributed by atoms with E-state index >= 15 is 0 Å². The van der Waals surface area contributed by atoms with Crippen LogP contribution in [-0.2, 0) is 25.2 Å². The van der Waals surface area contributed by atoms with E-state index in [0.717, 1.165) is 93.2 Å². The lowest BCUT2D eigenvalue weighted by Crippen LogP contribution is -2.04. The second kappa shape index (κ2) is 14.2. The van der Waals surface area contributed by atoms with Crippen molar-refractivity contribution in [1.29, 1.82) is 0 Å². The van der Waals surface area contributed by atoms with Gasteiger partial charge in [0.25, 0.3) is 0 Å². The molecule has 0 aliphatic heterocycles. The summed E-state index contributed by atoms with van der Waals surface area (Å²) < 4.78 is 106. The molecule has 0 aromatic heterocycles. The summed E-state index contributed by atoms with van der Waals surface area (Å²) in [6, 6.07) is 18.7. The lowest BCUT2D eigenvalue weighted by Gasteiger charge is -2.10. The van der Waals surface area contributed by atoms with Crippen LogP contribution in [0.25, 0.3) is 22.3 Å². The molecule has 4 rings (SSSR count). The van der Waals surface area contributed by atoms with E-state index in [1.165, 1.54) is 36.4 Å². The third-order valence-corrected chi connectivity index (χ3v) is 7.54. The van der Waals surface area contributed by atoms with E-state index in [4.69, 9.17) is 0 Å². The Balaban J connectivity index is 1.12. The molecule has 0 bridgehead atoms. The molecule has 4 aromatic rings. The van der Waals surface area contributed by atoms with E-state index < -0.39 is 35.1 Å². The molecule has 0 saturated carbocycles. The highest BCUT2D eigenvalue weighted by atomic mass is 19.4. The molecule has 0 radical (unpaired) electrons. The van der Waals surface area contributed by atoms with Gasteiger partial charge in [0.2, 0.25) is 0 Å². The van der Waals surface area contributed by atoms with Gasteiger partial charge in [0, 0.05) is 11.1 Å². The number of alkyl halides is 6.